The van der Waals surface area contributed by atoms with Gasteiger partial charge in [-0.25, -0.2) is 0 Å². The topological polar surface area (TPSA) is 46.9 Å². The molecule has 0 fully saturated rings. The normalized spacial score (nSPS) is 10.7. The van der Waals surface area contributed by atoms with Gasteiger partial charge in [-0.1, -0.05) is 23.8 Å². The van der Waals surface area contributed by atoms with E-state index in [0.29, 0.717) is 18.7 Å². The van der Waals surface area contributed by atoms with Gasteiger partial charge in [-0.15, -0.1) is 11.3 Å². The van der Waals surface area contributed by atoms with Crippen LogP contribution in [0.25, 0.3) is 10.6 Å². The largest absolute Gasteiger partial charge is 0.350 e. The Kier molecular flexibility index (Phi) is 4.57. The second-order valence-corrected chi connectivity index (χ2v) is 6.44. The fraction of sp³-hybridized carbons (Fsp3) is 0.222. The van der Waals surface area contributed by atoms with Crippen molar-refractivity contribution in [3.8, 4) is 10.6 Å². The van der Waals surface area contributed by atoms with Crippen LogP contribution in [0, 0.1) is 13.8 Å². The third-order valence-electron chi connectivity index (χ3n) is 3.64. The highest BCUT2D eigenvalue weighted by Crippen LogP contribution is 2.23. The fourth-order valence-electron chi connectivity index (χ4n) is 2.44. The van der Waals surface area contributed by atoms with E-state index in [4.69, 9.17) is 0 Å². The van der Waals surface area contributed by atoms with Crippen LogP contribution < -0.4 is 5.32 Å². The van der Waals surface area contributed by atoms with E-state index >= 15 is 0 Å². The van der Waals surface area contributed by atoms with Crippen LogP contribution in [0.2, 0.25) is 0 Å². The Hall–Kier alpha value is -2.40. The summed E-state index contributed by atoms with van der Waals surface area (Å²) in [4.78, 5) is 13.3. The van der Waals surface area contributed by atoms with Crippen molar-refractivity contribution in [2.24, 2.45) is 0 Å². The Morgan fingerprint density at radius 2 is 2.09 bits per heavy atom. The van der Waals surface area contributed by atoms with Gasteiger partial charge in [0.05, 0.1) is 11.4 Å². The van der Waals surface area contributed by atoms with Crippen molar-refractivity contribution in [3.63, 3.8) is 0 Å². The maximum absolute atomic E-state index is 12.1. The lowest BCUT2D eigenvalue weighted by Crippen LogP contribution is -2.27. The van der Waals surface area contributed by atoms with Crippen LogP contribution >= 0.6 is 11.3 Å². The van der Waals surface area contributed by atoms with Crippen LogP contribution in [-0.4, -0.2) is 22.2 Å². The number of aromatic nitrogens is 2. The minimum Gasteiger partial charge on any atom is -0.350 e. The average molecular weight is 325 g/mol. The molecule has 1 amide bonds. The Balaban J connectivity index is 1.60. The summed E-state index contributed by atoms with van der Waals surface area (Å²) >= 11 is 1.68. The number of thiophene rings is 1. The lowest BCUT2D eigenvalue weighted by molar-refractivity contribution is 0.0951. The molecule has 2 aromatic heterocycles. The number of hydrogen-bond acceptors (Lipinski definition) is 3. The van der Waals surface area contributed by atoms with Gasteiger partial charge in [0.1, 0.15) is 5.69 Å². The van der Waals surface area contributed by atoms with Crippen molar-refractivity contribution < 1.29 is 4.79 Å². The molecule has 1 aromatic carbocycles. The quantitative estimate of drug-likeness (QED) is 0.778. The van der Waals surface area contributed by atoms with E-state index in [9.17, 15) is 4.79 Å². The summed E-state index contributed by atoms with van der Waals surface area (Å²) < 4.78 is 1.94. The monoisotopic (exact) mass is 325 g/mol. The van der Waals surface area contributed by atoms with Gasteiger partial charge in [-0.05, 0) is 43.5 Å². The first-order valence-corrected chi connectivity index (χ1v) is 8.44. The summed E-state index contributed by atoms with van der Waals surface area (Å²) in [6.07, 6.45) is 0. The van der Waals surface area contributed by atoms with Crippen molar-refractivity contribution in [3.05, 3.63) is 64.7 Å². The number of benzene rings is 1. The number of carbonyl (C=O) groups excluding carboxylic acids is 1. The van der Waals surface area contributed by atoms with Crippen LogP contribution in [0.4, 0.5) is 0 Å². The Labute approximate surface area is 139 Å². The van der Waals surface area contributed by atoms with Crippen LogP contribution in [-0.2, 0) is 6.54 Å². The second kappa shape index (κ2) is 6.79. The summed E-state index contributed by atoms with van der Waals surface area (Å²) in [6.45, 7) is 5.23. The van der Waals surface area contributed by atoms with Gasteiger partial charge in [0.2, 0.25) is 0 Å². The van der Waals surface area contributed by atoms with E-state index in [1.165, 1.54) is 0 Å². The molecule has 1 N–H and O–H groups in total. The van der Waals surface area contributed by atoms with Gasteiger partial charge in [0.15, 0.2) is 0 Å². The molecule has 3 aromatic rings. The minimum absolute atomic E-state index is 0.0445. The van der Waals surface area contributed by atoms with E-state index < -0.39 is 0 Å². The van der Waals surface area contributed by atoms with Gasteiger partial charge >= 0.3 is 0 Å². The number of rotatable bonds is 5. The van der Waals surface area contributed by atoms with E-state index in [1.54, 1.807) is 11.3 Å². The zero-order valence-electron chi connectivity index (χ0n) is 13.2. The summed E-state index contributed by atoms with van der Waals surface area (Å²) in [5.74, 6) is -0.0445. The molecule has 0 saturated heterocycles. The highest BCUT2D eigenvalue weighted by atomic mass is 32.1. The number of amides is 1. The number of aryl methyl sites for hydroxylation is 2. The van der Waals surface area contributed by atoms with Gasteiger partial charge in [-0.3, -0.25) is 9.48 Å². The first kappa shape index (κ1) is 15.5. The maximum Gasteiger partial charge on any atom is 0.251 e. The van der Waals surface area contributed by atoms with Crippen LogP contribution in [0.1, 0.15) is 21.6 Å². The second-order valence-electron chi connectivity index (χ2n) is 5.50. The molecular weight excluding hydrogens is 306 g/mol. The molecule has 23 heavy (non-hydrogen) atoms. The van der Waals surface area contributed by atoms with Gasteiger partial charge in [-0.2, -0.15) is 5.10 Å². The van der Waals surface area contributed by atoms with Gasteiger partial charge < -0.3 is 5.32 Å². The molecule has 0 radical (unpaired) electrons. The zero-order valence-corrected chi connectivity index (χ0v) is 14.1. The Morgan fingerprint density at radius 3 is 2.83 bits per heavy atom. The molecule has 2 heterocycles. The molecule has 3 rings (SSSR count). The highest BCUT2D eigenvalue weighted by molar-refractivity contribution is 7.13. The number of nitrogens with zero attached hydrogens (tertiary/aromatic N) is 2. The predicted octanol–water partition coefficient (Wildman–Crippen LogP) is 3.66. The van der Waals surface area contributed by atoms with Crippen molar-refractivity contribution >= 4 is 17.2 Å². The molecule has 0 aliphatic carbocycles. The van der Waals surface area contributed by atoms with Crippen molar-refractivity contribution in [2.45, 2.75) is 20.4 Å². The molecule has 0 bridgehead atoms. The molecule has 0 saturated carbocycles. The Morgan fingerprint density at radius 1 is 1.22 bits per heavy atom. The molecule has 0 aliphatic rings. The smallest absolute Gasteiger partial charge is 0.251 e. The molecule has 0 aliphatic heterocycles. The molecule has 4 nitrogen and oxygen atoms in total. The fourth-order valence-corrected chi connectivity index (χ4v) is 3.13. The summed E-state index contributed by atoms with van der Waals surface area (Å²) in [7, 11) is 0. The molecular formula is C18H19N3OS. The first-order valence-electron chi connectivity index (χ1n) is 7.57. The predicted molar refractivity (Wildman–Crippen MR) is 93.8 cm³/mol. The third-order valence-corrected chi connectivity index (χ3v) is 4.54. The van der Waals surface area contributed by atoms with E-state index in [-0.39, 0.29) is 5.91 Å². The van der Waals surface area contributed by atoms with Crippen molar-refractivity contribution in [1.82, 2.24) is 15.1 Å². The number of carbonyl (C=O) groups is 1. The first-order chi connectivity index (χ1) is 11.1. The SMILES string of the molecule is Cc1cccc(C(=O)NCCn2nc(-c3cccs3)cc2C)c1. The molecule has 118 valence electrons. The lowest BCUT2D eigenvalue weighted by atomic mass is 10.1. The lowest BCUT2D eigenvalue weighted by Gasteiger charge is -2.07. The molecule has 0 unspecified atom stereocenters. The molecule has 0 atom stereocenters. The Bertz CT molecular complexity index is 806. The van der Waals surface area contributed by atoms with Gasteiger partial charge in [0, 0.05) is 17.8 Å². The minimum atomic E-state index is -0.0445. The summed E-state index contributed by atoms with van der Waals surface area (Å²) in [5.41, 5.74) is 3.86. The van der Waals surface area contributed by atoms with Gasteiger partial charge in [0.25, 0.3) is 5.91 Å². The van der Waals surface area contributed by atoms with Crippen LogP contribution in [0.15, 0.2) is 47.8 Å². The van der Waals surface area contributed by atoms with Crippen molar-refractivity contribution in [1.29, 1.82) is 0 Å². The third kappa shape index (κ3) is 3.68. The highest BCUT2D eigenvalue weighted by Gasteiger charge is 2.08. The van der Waals surface area contributed by atoms with Crippen LogP contribution in [0.5, 0.6) is 0 Å². The molecule has 5 heteroatoms. The maximum atomic E-state index is 12.1. The van der Waals surface area contributed by atoms with E-state index in [0.717, 1.165) is 21.8 Å². The zero-order chi connectivity index (χ0) is 16.2. The number of hydrogen-bond donors (Lipinski definition) is 1. The van der Waals surface area contributed by atoms with Crippen LogP contribution in [0.3, 0.4) is 0 Å². The summed E-state index contributed by atoms with van der Waals surface area (Å²) in [5, 5.41) is 9.61. The molecule has 0 spiro atoms. The average Bonchev–Trinajstić information content (AvgIpc) is 3.17. The standard InChI is InChI=1S/C18H19N3OS/c1-13-5-3-6-15(11-13)18(22)19-8-9-21-14(2)12-16(20-21)17-7-4-10-23-17/h3-7,10-12H,8-9H2,1-2H3,(H,19,22). The van der Waals surface area contributed by atoms with E-state index in [1.807, 2.05) is 54.2 Å². The summed E-state index contributed by atoms with van der Waals surface area (Å²) in [6, 6.07) is 13.8. The van der Waals surface area contributed by atoms with Crippen molar-refractivity contribution in [2.75, 3.05) is 6.54 Å². The number of nitrogens with one attached hydrogen (secondary N) is 1. The van der Waals surface area contributed by atoms with E-state index in [2.05, 4.69) is 22.5 Å².